The van der Waals surface area contributed by atoms with Gasteiger partial charge in [-0.2, -0.15) is 4.98 Å². The standard InChI is InChI=1S/C16H24ClN5S/c1-11-6-4-5-9-22(11)14-10-13(17)19-15(20-14)21-16(23)18-12-7-2-3-8-12/h10-12H,2-9H2,1H3,(H2,18,19,20,21,23)/t11-/m1/s1. The largest absolute Gasteiger partial charge is 0.360 e. The lowest BCUT2D eigenvalue weighted by Gasteiger charge is -2.34. The second-order valence-electron chi connectivity index (χ2n) is 6.49. The molecule has 126 valence electrons. The number of rotatable bonds is 3. The van der Waals surface area contributed by atoms with Crippen LogP contribution in [0.15, 0.2) is 6.07 Å². The lowest BCUT2D eigenvalue weighted by molar-refractivity contribution is 0.481. The van der Waals surface area contributed by atoms with Gasteiger partial charge in [0, 0.05) is 24.7 Å². The summed E-state index contributed by atoms with van der Waals surface area (Å²) in [6.45, 7) is 3.24. The van der Waals surface area contributed by atoms with E-state index in [2.05, 4.69) is 32.4 Å². The van der Waals surface area contributed by atoms with Gasteiger partial charge in [-0.05, 0) is 51.2 Å². The highest BCUT2D eigenvalue weighted by Gasteiger charge is 2.21. The monoisotopic (exact) mass is 353 g/mol. The number of thiocarbonyl (C=S) groups is 1. The van der Waals surface area contributed by atoms with Crippen LogP contribution in [0.3, 0.4) is 0 Å². The van der Waals surface area contributed by atoms with Gasteiger partial charge < -0.3 is 15.5 Å². The fourth-order valence-corrected chi connectivity index (χ4v) is 3.88. The topological polar surface area (TPSA) is 53.1 Å². The third-order valence-corrected chi connectivity index (χ3v) is 5.11. The maximum absolute atomic E-state index is 6.19. The molecule has 1 saturated heterocycles. The van der Waals surface area contributed by atoms with E-state index in [1.54, 1.807) is 0 Å². The van der Waals surface area contributed by atoms with E-state index in [0.717, 1.165) is 12.4 Å². The summed E-state index contributed by atoms with van der Waals surface area (Å²) in [6.07, 6.45) is 8.54. The average molecular weight is 354 g/mol. The number of aromatic nitrogens is 2. The van der Waals surface area contributed by atoms with Crippen LogP contribution in [0.4, 0.5) is 11.8 Å². The molecular weight excluding hydrogens is 330 g/mol. The maximum Gasteiger partial charge on any atom is 0.232 e. The van der Waals surface area contributed by atoms with Gasteiger partial charge in [-0.1, -0.05) is 24.4 Å². The van der Waals surface area contributed by atoms with Crippen molar-refractivity contribution in [2.24, 2.45) is 0 Å². The van der Waals surface area contributed by atoms with Gasteiger partial charge in [0.1, 0.15) is 11.0 Å². The van der Waals surface area contributed by atoms with Gasteiger partial charge in [-0.15, -0.1) is 0 Å². The van der Waals surface area contributed by atoms with E-state index < -0.39 is 0 Å². The Kier molecular flexibility index (Phi) is 5.54. The molecule has 0 spiro atoms. The summed E-state index contributed by atoms with van der Waals surface area (Å²) in [5.41, 5.74) is 0. The molecule has 0 aromatic carbocycles. The molecule has 7 heteroatoms. The van der Waals surface area contributed by atoms with Crippen LogP contribution in [0.25, 0.3) is 0 Å². The van der Waals surface area contributed by atoms with Crippen LogP contribution in [0, 0.1) is 0 Å². The molecule has 1 aromatic rings. The first-order chi connectivity index (χ1) is 11.1. The SMILES string of the molecule is C[C@@H]1CCCCN1c1cc(Cl)nc(NC(=S)NC2CCCC2)n1. The van der Waals surface area contributed by atoms with Crippen LogP contribution >= 0.6 is 23.8 Å². The van der Waals surface area contributed by atoms with Gasteiger partial charge in [-0.3, -0.25) is 0 Å². The van der Waals surface area contributed by atoms with Crippen molar-refractivity contribution < 1.29 is 0 Å². The molecule has 1 aromatic heterocycles. The van der Waals surface area contributed by atoms with E-state index in [1.165, 1.54) is 44.9 Å². The number of halogens is 1. The second-order valence-corrected chi connectivity index (χ2v) is 7.29. The lowest BCUT2D eigenvalue weighted by Crippen LogP contribution is -2.39. The molecule has 1 aliphatic carbocycles. The first-order valence-electron chi connectivity index (χ1n) is 8.50. The molecule has 23 heavy (non-hydrogen) atoms. The molecular formula is C16H24ClN5S. The first kappa shape index (κ1) is 16.7. The quantitative estimate of drug-likeness (QED) is 0.637. The van der Waals surface area contributed by atoms with Gasteiger partial charge in [-0.25, -0.2) is 4.98 Å². The molecule has 0 bridgehead atoms. The van der Waals surface area contributed by atoms with E-state index in [4.69, 9.17) is 23.8 Å². The van der Waals surface area contributed by atoms with Crippen LogP contribution in [0.2, 0.25) is 5.15 Å². The van der Waals surface area contributed by atoms with Gasteiger partial charge >= 0.3 is 0 Å². The first-order valence-corrected chi connectivity index (χ1v) is 9.29. The third-order valence-electron chi connectivity index (χ3n) is 4.69. The predicted octanol–water partition coefficient (Wildman–Crippen LogP) is 3.74. The van der Waals surface area contributed by atoms with Crippen molar-refractivity contribution in [3.05, 3.63) is 11.2 Å². The maximum atomic E-state index is 6.19. The number of hydrogen-bond donors (Lipinski definition) is 2. The highest BCUT2D eigenvalue weighted by Crippen LogP contribution is 2.25. The van der Waals surface area contributed by atoms with E-state index in [0.29, 0.717) is 28.3 Å². The van der Waals surface area contributed by atoms with Crippen molar-refractivity contribution in [3.63, 3.8) is 0 Å². The van der Waals surface area contributed by atoms with E-state index in [9.17, 15) is 0 Å². The van der Waals surface area contributed by atoms with Gasteiger partial charge in [0.25, 0.3) is 0 Å². The molecule has 0 radical (unpaired) electrons. The average Bonchev–Trinajstić information content (AvgIpc) is 2.99. The molecule has 1 aliphatic heterocycles. The van der Waals surface area contributed by atoms with E-state index in [1.807, 2.05) is 6.07 Å². The summed E-state index contributed by atoms with van der Waals surface area (Å²) in [4.78, 5) is 11.2. The molecule has 0 unspecified atom stereocenters. The molecule has 2 N–H and O–H groups in total. The minimum absolute atomic E-state index is 0.443. The van der Waals surface area contributed by atoms with Crippen LogP contribution < -0.4 is 15.5 Å². The highest BCUT2D eigenvalue weighted by molar-refractivity contribution is 7.80. The molecule has 0 amide bonds. The molecule has 3 rings (SSSR count). The highest BCUT2D eigenvalue weighted by atomic mass is 35.5. The van der Waals surface area contributed by atoms with Crippen LogP contribution in [-0.4, -0.2) is 33.7 Å². The van der Waals surface area contributed by atoms with Crippen LogP contribution in [0.1, 0.15) is 51.9 Å². The van der Waals surface area contributed by atoms with Crippen molar-refractivity contribution in [3.8, 4) is 0 Å². The summed E-state index contributed by atoms with van der Waals surface area (Å²) in [5.74, 6) is 1.35. The summed E-state index contributed by atoms with van der Waals surface area (Å²) >= 11 is 11.6. The zero-order chi connectivity index (χ0) is 16.2. The van der Waals surface area contributed by atoms with Crippen LogP contribution in [0.5, 0.6) is 0 Å². The Bertz CT molecular complexity index is 561. The fourth-order valence-electron chi connectivity index (χ4n) is 3.44. The van der Waals surface area contributed by atoms with E-state index in [-0.39, 0.29) is 0 Å². The Morgan fingerprint density at radius 3 is 2.70 bits per heavy atom. The van der Waals surface area contributed by atoms with Crippen molar-refractivity contribution in [1.82, 2.24) is 15.3 Å². The number of nitrogens with zero attached hydrogens (tertiary/aromatic N) is 3. The summed E-state index contributed by atoms with van der Waals surface area (Å²) < 4.78 is 0. The number of piperidine rings is 1. The molecule has 5 nitrogen and oxygen atoms in total. The number of hydrogen-bond acceptors (Lipinski definition) is 4. The summed E-state index contributed by atoms with van der Waals surface area (Å²) in [6, 6.07) is 2.78. The normalized spacial score (nSPS) is 22.2. The van der Waals surface area contributed by atoms with E-state index >= 15 is 0 Å². The van der Waals surface area contributed by atoms with Crippen molar-refractivity contribution in [2.75, 3.05) is 16.8 Å². The Hall–Kier alpha value is -1.14. The smallest absolute Gasteiger partial charge is 0.232 e. The molecule has 2 aliphatic rings. The lowest BCUT2D eigenvalue weighted by atomic mass is 10.0. The van der Waals surface area contributed by atoms with Crippen molar-refractivity contribution in [1.29, 1.82) is 0 Å². The Balaban J connectivity index is 1.68. The van der Waals surface area contributed by atoms with Gasteiger partial charge in [0.05, 0.1) is 0 Å². The minimum Gasteiger partial charge on any atom is -0.360 e. The summed E-state index contributed by atoms with van der Waals surface area (Å²) in [7, 11) is 0. The predicted molar refractivity (Wildman–Crippen MR) is 99.3 cm³/mol. The van der Waals surface area contributed by atoms with Crippen molar-refractivity contribution in [2.45, 2.75) is 64.0 Å². The third kappa shape index (κ3) is 4.44. The fraction of sp³-hybridized carbons (Fsp3) is 0.688. The number of anilines is 2. The summed E-state index contributed by atoms with van der Waals surface area (Å²) in [5, 5.41) is 7.45. The zero-order valence-electron chi connectivity index (χ0n) is 13.5. The Labute approximate surface area is 148 Å². The molecule has 1 saturated carbocycles. The van der Waals surface area contributed by atoms with Gasteiger partial charge in [0.15, 0.2) is 5.11 Å². The Morgan fingerprint density at radius 2 is 1.96 bits per heavy atom. The molecule has 1 atom stereocenters. The Morgan fingerprint density at radius 1 is 1.22 bits per heavy atom. The van der Waals surface area contributed by atoms with Crippen LogP contribution in [-0.2, 0) is 0 Å². The molecule has 2 fully saturated rings. The second kappa shape index (κ2) is 7.62. The van der Waals surface area contributed by atoms with Gasteiger partial charge in [0.2, 0.25) is 5.95 Å². The minimum atomic E-state index is 0.443. The molecule has 2 heterocycles. The zero-order valence-corrected chi connectivity index (χ0v) is 15.1. The van der Waals surface area contributed by atoms with Crippen molar-refractivity contribution >= 4 is 40.7 Å². The number of nitrogens with one attached hydrogen (secondary N) is 2.